The first-order valence-corrected chi connectivity index (χ1v) is 6.61. The van der Waals surface area contributed by atoms with Crippen molar-refractivity contribution in [1.82, 2.24) is 10.3 Å². The zero-order chi connectivity index (χ0) is 11.1. The second-order valence-electron chi connectivity index (χ2n) is 4.71. The predicted octanol–water partition coefficient (Wildman–Crippen LogP) is 2.92. The third kappa shape index (κ3) is 1.62. The van der Waals surface area contributed by atoms with E-state index < -0.39 is 0 Å². The monoisotopic (exact) mass is 278 g/mol. The summed E-state index contributed by atoms with van der Waals surface area (Å²) in [5, 5.41) is 3.52. The number of aryl methyl sites for hydroxylation is 1. The molecule has 0 aromatic carbocycles. The van der Waals surface area contributed by atoms with Crippen LogP contribution in [-0.4, -0.2) is 17.6 Å². The molecule has 0 radical (unpaired) electrons. The molecule has 1 aromatic rings. The first-order valence-electron chi connectivity index (χ1n) is 5.81. The van der Waals surface area contributed by atoms with Crippen LogP contribution >= 0.6 is 15.9 Å². The van der Waals surface area contributed by atoms with Crippen LogP contribution in [0.1, 0.15) is 24.0 Å². The molecule has 0 amide bonds. The van der Waals surface area contributed by atoms with Gasteiger partial charge in [-0.05, 0) is 64.4 Å². The van der Waals surface area contributed by atoms with Gasteiger partial charge in [0.1, 0.15) is 4.60 Å². The molecule has 1 aliphatic carbocycles. The Bertz CT molecular complexity index is 453. The topological polar surface area (TPSA) is 24.9 Å². The molecule has 2 aliphatic rings. The third-order valence-electron chi connectivity index (χ3n) is 3.66. The Kier molecular flexibility index (Phi) is 2.60. The molecule has 2 unspecified atom stereocenters. The van der Waals surface area contributed by atoms with Crippen molar-refractivity contribution in [2.45, 2.75) is 25.8 Å². The Hall–Kier alpha value is -0.670. The molecule has 3 heteroatoms. The lowest BCUT2D eigenvalue weighted by Gasteiger charge is -2.42. The van der Waals surface area contributed by atoms with Crippen molar-refractivity contribution in [3.8, 4) is 0 Å². The maximum absolute atomic E-state index is 4.39. The molecule has 16 heavy (non-hydrogen) atoms. The molecular formula is C13H15BrN2. The summed E-state index contributed by atoms with van der Waals surface area (Å²) in [5.74, 6) is 0.851. The van der Waals surface area contributed by atoms with Crippen LogP contribution < -0.4 is 5.32 Å². The SMILES string of the molecule is Cc1cc(C2=CCCC3CNC23)cnc1Br. The van der Waals surface area contributed by atoms with Crippen molar-refractivity contribution in [3.63, 3.8) is 0 Å². The standard InChI is InChI=1S/C13H15BrN2/c1-8-5-10(7-16-13(8)14)11-4-2-3-9-6-15-12(9)11/h4-5,7,9,12,15H,2-3,6H2,1H3. The molecule has 2 nitrogen and oxygen atoms in total. The molecule has 0 bridgehead atoms. The number of nitrogens with one attached hydrogen (secondary N) is 1. The Morgan fingerprint density at radius 3 is 3.06 bits per heavy atom. The van der Waals surface area contributed by atoms with Crippen molar-refractivity contribution >= 4 is 21.5 Å². The van der Waals surface area contributed by atoms with Crippen LogP contribution in [0.25, 0.3) is 5.57 Å². The molecule has 1 aliphatic heterocycles. The normalized spacial score (nSPS) is 28.0. The molecule has 1 fully saturated rings. The van der Waals surface area contributed by atoms with Crippen LogP contribution in [0.3, 0.4) is 0 Å². The number of rotatable bonds is 1. The Morgan fingerprint density at radius 2 is 2.38 bits per heavy atom. The summed E-state index contributed by atoms with van der Waals surface area (Å²) in [7, 11) is 0. The lowest BCUT2D eigenvalue weighted by molar-refractivity contribution is 0.262. The molecule has 84 valence electrons. The maximum atomic E-state index is 4.39. The smallest absolute Gasteiger partial charge is 0.109 e. The average Bonchev–Trinajstić information content (AvgIpc) is 2.24. The number of pyridine rings is 1. The van der Waals surface area contributed by atoms with Gasteiger partial charge >= 0.3 is 0 Å². The van der Waals surface area contributed by atoms with Gasteiger partial charge in [0.05, 0.1) is 0 Å². The lowest BCUT2D eigenvalue weighted by Crippen LogP contribution is -2.54. The second-order valence-corrected chi connectivity index (χ2v) is 5.47. The van der Waals surface area contributed by atoms with E-state index in [1.54, 1.807) is 0 Å². The number of nitrogens with zero attached hydrogens (tertiary/aromatic N) is 1. The van der Waals surface area contributed by atoms with E-state index in [1.165, 1.54) is 36.1 Å². The summed E-state index contributed by atoms with van der Waals surface area (Å²) in [4.78, 5) is 4.39. The van der Waals surface area contributed by atoms with Crippen molar-refractivity contribution in [3.05, 3.63) is 34.1 Å². The fraction of sp³-hybridized carbons (Fsp3) is 0.462. The molecule has 1 N–H and O–H groups in total. The van der Waals surface area contributed by atoms with Crippen LogP contribution in [0, 0.1) is 12.8 Å². The predicted molar refractivity (Wildman–Crippen MR) is 69.2 cm³/mol. The Labute approximate surface area is 104 Å². The highest BCUT2D eigenvalue weighted by molar-refractivity contribution is 9.10. The van der Waals surface area contributed by atoms with E-state index in [2.05, 4.69) is 45.3 Å². The molecule has 1 saturated heterocycles. The van der Waals surface area contributed by atoms with Gasteiger partial charge in [-0.3, -0.25) is 0 Å². The lowest BCUT2D eigenvalue weighted by atomic mass is 9.76. The maximum Gasteiger partial charge on any atom is 0.109 e. The van der Waals surface area contributed by atoms with Crippen LogP contribution in [0.2, 0.25) is 0 Å². The van der Waals surface area contributed by atoms with Gasteiger partial charge in [-0.25, -0.2) is 4.98 Å². The van der Waals surface area contributed by atoms with Gasteiger partial charge in [0.15, 0.2) is 0 Å². The second kappa shape index (κ2) is 3.97. The van der Waals surface area contributed by atoms with Crippen molar-refractivity contribution < 1.29 is 0 Å². The number of allylic oxidation sites excluding steroid dienone is 1. The average molecular weight is 279 g/mol. The summed E-state index contributed by atoms with van der Waals surface area (Å²) >= 11 is 3.45. The first kappa shape index (κ1) is 10.5. The minimum Gasteiger partial charge on any atom is -0.309 e. The highest BCUT2D eigenvalue weighted by atomic mass is 79.9. The number of fused-ring (bicyclic) bond motifs is 1. The van der Waals surface area contributed by atoms with Gasteiger partial charge in [-0.1, -0.05) is 6.08 Å². The number of halogens is 1. The summed E-state index contributed by atoms with van der Waals surface area (Å²) in [6.07, 6.45) is 6.90. The number of hydrogen-bond acceptors (Lipinski definition) is 2. The zero-order valence-electron chi connectivity index (χ0n) is 9.33. The quantitative estimate of drug-likeness (QED) is 0.799. The van der Waals surface area contributed by atoms with Gasteiger partial charge in [0, 0.05) is 18.8 Å². The zero-order valence-corrected chi connectivity index (χ0v) is 10.9. The van der Waals surface area contributed by atoms with Gasteiger partial charge < -0.3 is 5.32 Å². The highest BCUT2D eigenvalue weighted by Crippen LogP contribution is 2.36. The van der Waals surface area contributed by atoms with Crippen molar-refractivity contribution in [2.24, 2.45) is 5.92 Å². The molecule has 0 spiro atoms. The molecule has 3 rings (SSSR count). The summed E-state index contributed by atoms with van der Waals surface area (Å²) in [6, 6.07) is 2.81. The van der Waals surface area contributed by atoms with Crippen LogP contribution in [0.15, 0.2) is 22.9 Å². The van der Waals surface area contributed by atoms with Crippen LogP contribution in [0.5, 0.6) is 0 Å². The fourth-order valence-electron chi connectivity index (χ4n) is 2.63. The Morgan fingerprint density at radius 1 is 1.50 bits per heavy atom. The van der Waals surface area contributed by atoms with E-state index in [0.717, 1.165) is 10.5 Å². The van der Waals surface area contributed by atoms with Gasteiger partial charge in [0.25, 0.3) is 0 Å². The molecule has 2 heterocycles. The summed E-state index contributed by atoms with van der Waals surface area (Å²) in [6.45, 7) is 3.28. The number of aromatic nitrogens is 1. The van der Waals surface area contributed by atoms with Gasteiger partial charge in [-0.15, -0.1) is 0 Å². The van der Waals surface area contributed by atoms with E-state index in [-0.39, 0.29) is 0 Å². The molecule has 2 atom stereocenters. The van der Waals surface area contributed by atoms with Crippen molar-refractivity contribution in [1.29, 1.82) is 0 Å². The summed E-state index contributed by atoms with van der Waals surface area (Å²) in [5.41, 5.74) is 3.94. The third-order valence-corrected chi connectivity index (χ3v) is 4.49. The van der Waals surface area contributed by atoms with Gasteiger partial charge in [-0.2, -0.15) is 0 Å². The Balaban J connectivity index is 1.96. The fourth-order valence-corrected chi connectivity index (χ4v) is 2.85. The van der Waals surface area contributed by atoms with E-state index in [0.29, 0.717) is 6.04 Å². The van der Waals surface area contributed by atoms with Gasteiger partial charge in [0.2, 0.25) is 0 Å². The van der Waals surface area contributed by atoms with E-state index >= 15 is 0 Å². The van der Waals surface area contributed by atoms with Crippen LogP contribution in [0.4, 0.5) is 0 Å². The summed E-state index contributed by atoms with van der Waals surface area (Å²) < 4.78 is 0.950. The van der Waals surface area contributed by atoms with Crippen molar-refractivity contribution in [2.75, 3.05) is 6.54 Å². The largest absolute Gasteiger partial charge is 0.309 e. The molecule has 1 aromatic heterocycles. The molecular weight excluding hydrogens is 264 g/mol. The number of hydrogen-bond donors (Lipinski definition) is 1. The minimum atomic E-state index is 0.580. The first-order chi connectivity index (χ1) is 7.75. The molecule has 0 saturated carbocycles. The van der Waals surface area contributed by atoms with E-state index in [9.17, 15) is 0 Å². The van der Waals surface area contributed by atoms with E-state index in [4.69, 9.17) is 0 Å². The van der Waals surface area contributed by atoms with Crippen LogP contribution in [-0.2, 0) is 0 Å². The van der Waals surface area contributed by atoms with E-state index in [1.807, 2.05) is 6.20 Å². The minimum absolute atomic E-state index is 0.580. The highest BCUT2D eigenvalue weighted by Gasteiger charge is 2.35.